The van der Waals surface area contributed by atoms with Crippen LogP contribution in [0.15, 0.2) is 24.3 Å². The minimum atomic E-state index is -1.05. The summed E-state index contributed by atoms with van der Waals surface area (Å²) in [5.74, 6) is -0.122. The van der Waals surface area contributed by atoms with Crippen LogP contribution in [0.2, 0.25) is 0 Å². The Bertz CT molecular complexity index is 605. The number of aromatic hydroxyl groups is 1. The van der Waals surface area contributed by atoms with Crippen molar-refractivity contribution >= 4 is 35.0 Å². The summed E-state index contributed by atoms with van der Waals surface area (Å²) >= 11 is 1.24. The van der Waals surface area contributed by atoms with Crippen molar-refractivity contribution < 1.29 is 24.5 Å². The third kappa shape index (κ3) is 6.05. The Balaban J connectivity index is 2.92. The molecule has 0 bridgehead atoms. The molecule has 0 fully saturated rings. The molecule has 22 heavy (non-hydrogen) atoms. The van der Waals surface area contributed by atoms with Gasteiger partial charge in [-0.3, -0.25) is 4.79 Å². The second kappa shape index (κ2) is 8.94. The first kappa shape index (κ1) is 17.8. The number of phenols is 1. The van der Waals surface area contributed by atoms with Crippen molar-refractivity contribution in [2.75, 3.05) is 12.9 Å². The number of allylic oxidation sites excluding steroid dienone is 1. The number of thioether (sulfide) groups is 1. The molecule has 1 aromatic rings. The van der Waals surface area contributed by atoms with Crippen LogP contribution in [0.5, 0.6) is 11.5 Å². The van der Waals surface area contributed by atoms with E-state index in [0.29, 0.717) is 23.3 Å². The number of aliphatic carboxylic acids is 1. The fraction of sp³-hybridized carbons (Fsp3) is 0.250. The predicted molar refractivity (Wildman–Crippen MR) is 88.1 cm³/mol. The van der Waals surface area contributed by atoms with E-state index in [0.717, 1.165) is 6.08 Å². The topological polar surface area (TPSA) is 83.8 Å². The zero-order chi connectivity index (χ0) is 16.5. The summed E-state index contributed by atoms with van der Waals surface area (Å²) < 4.78 is 5.08. The van der Waals surface area contributed by atoms with Crippen molar-refractivity contribution in [1.82, 2.24) is 0 Å². The summed E-state index contributed by atoms with van der Waals surface area (Å²) in [6.45, 7) is 1.52. The summed E-state index contributed by atoms with van der Waals surface area (Å²) in [7, 11) is 1.43. The fourth-order valence-corrected chi connectivity index (χ4v) is 2.22. The molecular formula is C16H18O5S. The highest BCUT2D eigenvalue weighted by Gasteiger charge is 2.07. The molecule has 118 valence electrons. The molecule has 0 heterocycles. The predicted octanol–water partition coefficient (Wildman–Crippen LogP) is 3.18. The lowest BCUT2D eigenvalue weighted by atomic mass is 10.1. The second-order valence-corrected chi connectivity index (χ2v) is 5.64. The molecule has 0 aliphatic carbocycles. The van der Waals surface area contributed by atoms with Gasteiger partial charge in [0, 0.05) is 24.3 Å². The third-order valence-electron chi connectivity index (χ3n) is 2.65. The van der Waals surface area contributed by atoms with Gasteiger partial charge in [0.15, 0.2) is 16.6 Å². The van der Waals surface area contributed by atoms with Gasteiger partial charge >= 0.3 is 5.97 Å². The van der Waals surface area contributed by atoms with E-state index in [1.54, 1.807) is 18.2 Å². The van der Waals surface area contributed by atoms with Gasteiger partial charge in [0.25, 0.3) is 0 Å². The largest absolute Gasteiger partial charge is 0.504 e. The molecule has 2 N–H and O–H groups in total. The van der Waals surface area contributed by atoms with E-state index >= 15 is 0 Å². The number of methoxy groups -OCH3 is 1. The smallest absolute Gasteiger partial charge is 0.328 e. The van der Waals surface area contributed by atoms with E-state index in [9.17, 15) is 14.7 Å². The first-order valence-electron chi connectivity index (χ1n) is 6.56. The van der Waals surface area contributed by atoms with Gasteiger partial charge < -0.3 is 14.9 Å². The Hall–Kier alpha value is -2.21. The van der Waals surface area contributed by atoms with E-state index in [2.05, 4.69) is 0 Å². The second-order valence-electron chi connectivity index (χ2n) is 4.36. The highest BCUT2D eigenvalue weighted by molar-refractivity contribution is 8.13. The van der Waals surface area contributed by atoms with Crippen LogP contribution in [0.25, 0.3) is 12.2 Å². The molecule has 0 atom stereocenters. The van der Waals surface area contributed by atoms with E-state index in [1.807, 2.05) is 6.08 Å². The average molecular weight is 322 g/mol. The van der Waals surface area contributed by atoms with Crippen molar-refractivity contribution in [1.29, 1.82) is 0 Å². The number of rotatable bonds is 7. The van der Waals surface area contributed by atoms with Crippen LogP contribution in [-0.2, 0) is 9.59 Å². The maximum atomic E-state index is 10.8. The number of carboxylic acid groups (broad SMARTS) is 1. The van der Waals surface area contributed by atoms with Crippen LogP contribution in [0, 0.1) is 0 Å². The van der Waals surface area contributed by atoms with Gasteiger partial charge in [0.05, 0.1) is 7.11 Å². The molecule has 6 heteroatoms. The molecule has 0 amide bonds. The zero-order valence-electron chi connectivity index (χ0n) is 12.4. The zero-order valence-corrected chi connectivity index (χ0v) is 13.2. The SMILES string of the molecule is COc1cc(C=CC(=O)O)cc(C=CCCSC(C)=O)c1O. The molecule has 0 saturated heterocycles. The molecular weight excluding hydrogens is 304 g/mol. The molecule has 0 unspecified atom stereocenters. The third-order valence-corrected chi connectivity index (χ3v) is 3.50. The van der Waals surface area contributed by atoms with Crippen LogP contribution in [0.1, 0.15) is 24.5 Å². The van der Waals surface area contributed by atoms with Gasteiger partial charge in [-0.1, -0.05) is 23.9 Å². The molecule has 0 radical (unpaired) electrons. The highest BCUT2D eigenvalue weighted by atomic mass is 32.2. The molecule has 0 aromatic heterocycles. The van der Waals surface area contributed by atoms with Gasteiger partial charge in [0.2, 0.25) is 0 Å². The number of benzene rings is 1. The van der Waals surface area contributed by atoms with Crippen molar-refractivity contribution in [2.45, 2.75) is 13.3 Å². The molecule has 1 rings (SSSR count). The number of carboxylic acids is 1. The lowest BCUT2D eigenvalue weighted by molar-refractivity contribution is -0.131. The normalized spacial score (nSPS) is 11.2. The molecule has 5 nitrogen and oxygen atoms in total. The lowest BCUT2D eigenvalue weighted by Crippen LogP contribution is -1.90. The Morgan fingerprint density at radius 1 is 1.32 bits per heavy atom. The number of ether oxygens (including phenoxy) is 1. The summed E-state index contributed by atoms with van der Waals surface area (Å²) in [5, 5.41) is 18.8. The standard InChI is InChI=1S/C16H18O5S/c1-11(17)22-8-4-3-5-13-9-12(6-7-15(18)19)10-14(21-2)16(13)20/h3,5-7,9-10,20H,4,8H2,1-2H3,(H,18,19). The minimum absolute atomic E-state index is 0.00885. The highest BCUT2D eigenvalue weighted by Crippen LogP contribution is 2.33. The monoisotopic (exact) mass is 322 g/mol. The van der Waals surface area contributed by atoms with Crippen LogP contribution >= 0.6 is 11.8 Å². The van der Waals surface area contributed by atoms with Crippen molar-refractivity contribution in [3.05, 3.63) is 35.4 Å². The quantitative estimate of drug-likeness (QED) is 0.592. The van der Waals surface area contributed by atoms with Crippen LogP contribution in [0.3, 0.4) is 0 Å². The Morgan fingerprint density at radius 2 is 2.05 bits per heavy atom. The van der Waals surface area contributed by atoms with Crippen molar-refractivity contribution in [2.24, 2.45) is 0 Å². The Morgan fingerprint density at radius 3 is 2.64 bits per heavy atom. The van der Waals surface area contributed by atoms with Crippen LogP contribution in [-0.4, -0.2) is 34.2 Å². The Kier molecular flexibility index (Phi) is 7.25. The van der Waals surface area contributed by atoms with Gasteiger partial charge in [-0.2, -0.15) is 0 Å². The number of carbonyl (C=O) groups excluding carboxylic acids is 1. The molecule has 0 saturated carbocycles. The molecule has 0 spiro atoms. The lowest BCUT2D eigenvalue weighted by Gasteiger charge is -2.08. The number of hydrogen-bond acceptors (Lipinski definition) is 5. The first-order valence-corrected chi connectivity index (χ1v) is 7.54. The van der Waals surface area contributed by atoms with E-state index in [4.69, 9.17) is 9.84 Å². The van der Waals surface area contributed by atoms with Crippen molar-refractivity contribution in [3.63, 3.8) is 0 Å². The van der Waals surface area contributed by atoms with E-state index in [1.165, 1.54) is 31.9 Å². The Labute approximate surface area is 133 Å². The number of hydrogen-bond donors (Lipinski definition) is 2. The van der Waals surface area contributed by atoms with Gasteiger partial charge in [-0.05, 0) is 30.2 Å². The summed E-state index contributed by atoms with van der Waals surface area (Å²) in [6.07, 6.45) is 6.68. The molecule has 0 aliphatic heterocycles. The van der Waals surface area contributed by atoms with Gasteiger partial charge in [0.1, 0.15) is 0 Å². The maximum absolute atomic E-state index is 10.8. The minimum Gasteiger partial charge on any atom is -0.504 e. The van der Waals surface area contributed by atoms with Crippen LogP contribution in [0.4, 0.5) is 0 Å². The summed E-state index contributed by atoms with van der Waals surface area (Å²) in [4.78, 5) is 21.4. The summed E-state index contributed by atoms with van der Waals surface area (Å²) in [5.41, 5.74) is 1.13. The number of carbonyl (C=O) groups is 2. The maximum Gasteiger partial charge on any atom is 0.328 e. The van der Waals surface area contributed by atoms with Crippen molar-refractivity contribution in [3.8, 4) is 11.5 Å². The first-order chi connectivity index (χ1) is 10.4. The number of phenolic OH excluding ortho intramolecular Hbond substituents is 1. The van der Waals surface area contributed by atoms with Gasteiger partial charge in [-0.25, -0.2) is 4.79 Å². The average Bonchev–Trinajstić information content (AvgIpc) is 2.46. The van der Waals surface area contributed by atoms with Crippen LogP contribution < -0.4 is 4.74 Å². The molecule has 1 aromatic carbocycles. The van der Waals surface area contributed by atoms with Gasteiger partial charge in [-0.15, -0.1) is 0 Å². The summed E-state index contributed by atoms with van der Waals surface area (Å²) in [6, 6.07) is 3.21. The van der Waals surface area contributed by atoms with E-state index < -0.39 is 5.97 Å². The van der Waals surface area contributed by atoms with E-state index in [-0.39, 0.29) is 16.6 Å². The molecule has 0 aliphatic rings. The fourth-order valence-electron chi connectivity index (χ4n) is 1.68.